The summed E-state index contributed by atoms with van der Waals surface area (Å²) in [6.45, 7) is 0. The van der Waals surface area contributed by atoms with E-state index < -0.39 is 17.5 Å². The Morgan fingerprint density at radius 3 is 2.31 bits per heavy atom. The molecule has 1 aromatic carbocycles. The standard InChI is InChI=1S/C8H5Cl3F3NO/c9-5-3(15)1-2-4(6(5)10)16-8(13,14)7(11)12/h1-2,7H,15H2. The Kier molecular flexibility index (Phi) is 4.04. The van der Waals surface area contributed by atoms with Crippen molar-refractivity contribution in [2.75, 3.05) is 5.73 Å². The summed E-state index contributed by atoms with van der Waals surface area (Å²) in [4.78, 5) is 0. The highest BCUT2D eigenvalue weighted by Gasteiger charge is 2.42. The molecule has 0 spiro atoms. The van der Waals surface area contributed by atoms with Gasteiger partial charge in [-0.1, -0.05) is 34.8 Å². The van der Waals surface area contributed by atoms with Gasteiger partial charge in [-0.2, -0.15) is 8.78 Å². The minimum Gasteiger partial charge on any atom is -0.428 e. The Balaban J connectivity index is 3.04. The van der Waals surface area contributed by atoms with Crippen LogP contribution in [0.2, 0.25) is 10.0 Å². The van der Waals surface area contributed by atoms with Crippen LogP contribution < -0.4 is 10.5 Å². The van der Waals surface area contributed by atoms with Crippen molar-refractivity contribution in [3.8, 4) is 5.75 Å². The van der Waals surface area contributed by atoms with Gasteiger partial charge >= 0.3 is 6.11 Å². The molecule has 0 saturated carbocycles. The molecule has 0 saturated heterocycles. The second-order valence-electron chi connectivity index (χ2n) is 2.75. The second-order valence-corrected chi connectivity index (χ2v) is 3.88. The van der Waals surface area contributed by atoms with Crippen LogP contribution in [-0.4, -0.2) is 11.7 Å². The molecule has 1 aromatic rings. The van der Waals surface area contributed by atoms with Gasteiger partial charge in [0.15, 0.2) is 0 Å². The summed E-state index contributed by atoms with van der Waals surface area (Å²) in [6.07, 6.45) is -4.20. The second kappa shape index (κ2) is 4.77. The predicted octanol–water partition coefficient (Wildman–Crippen LogP) is 4.08. The van der Waals surface area contributed by atoms with Crippen LogP contribution in [0.15, 0.2) is 12.1 Å². The van der Waals surface area contributed by atoms with Crippen LogP contribution in [0.5, 0.6) is 5.75 Å². The Bertz CT molecular complexity index is 400. The average Bonchev–Trinajstić information content (AvgIpc) is 2.19. The van der Waals surface area contributed by atoms with E-state index in [4.69, 9.17) is 28.9 Å². The summed E-state index contributed by atoms with van der Waals surface area (Å²) in [5.74, 6) is -0.505. The molecule has 1 atom stereocenters. The highest BCUT2D eigenvalue weighted by atomic mass is 35.5. The molecule has 2 N–H and O–H groups in total. The third kappa shape index (κ3) is 2.78. The van der Waals surface area contributed by atoms with Crippen molar-refractivity contribution in [2.24, 2.45) is 0 Å². The molecule has 0 aromatic heterocycles. The number of hydrogen-bond donors (Lipinski definition) is 1. The summed E-state index contributed by atoms with van der Waals surface area (Å²) < 4.78 is 41.8. The zero-order valence-electron chi connectivity index (χ0n) is 7.49. The van der Waals surface area contributed by atoms with Gasteiger partial charge in [0, 0.05) is 0 Å². The summed E-state index contributed by atoms with van der Waals surface area (Å²) >= 11 is 15.8. The molecule has 0 radical (unpaired) electrons. The van der Waals surface area contributed by atoms with Gasteiger partial charge in [0.05, 0.1) is 10.7 Å². The number of rotatable bonds is 3. The number of alkyl halides is 4. The maximum Gasteiger partial charge on any atom is 0.444 e. The van der Waals surface area contributed by atoms with Gasteiger partial charge in [-0.25, -0.2) is 4.39 Å². The average molecular weight is 294 g/mol. The zero-order chi connectivity index (χ0) is 12.5. The van der Waals surface area contributed by atoms with Crippen LogP contribution in [-0.2, 0) is 0 Å². The van der Waals surface area contributed by atoms with Crippen LogP contribution in [0, 0.1) is 0 Å². The normalized spacial score (nSPS) is 13.6. The first-order valence-corrected chi connectivity index (χ1v) is 5.03. The van der Waals surface area contributed by atoms with E-state index in [1.165, 1.54) is 6.07 Å². The van der Waals surface area contributed by atoms with Gasteiger partial charge in [-0.05, 0) is 12.1 Å². The molecular formula is C8H5Cl3F3NO. The Labute approximate surface area is 104 Å². The number of nitrogen functional groups attached to an aromatic ring is 1. The van der Waals surface area contributed by atoms with Crippen LogP contribution in [0.4, 0.5) is 18.9 Å². The number of anilines is 1. The highest BCUT2D eigenvalue weighted by Crippen LogP contribution is 2.39. The topological polar surface area (TPSA) is 35.2 Å². The predicted molar refractivity (Wildman–Crippen MR) is 57.2 cm³/mol. The van der Waals surface area contributed by atoms with E-state index >= 15 is 0 Å². The van der Waals surface area contributed by atoms with E-state index in [1.54, 1.807) is 0 Å². The van der Waals surface area contributed by atoms with Crippen LogP contribution in [0.3, 0.4) is 0 Å². The molecule has 0 aliphatic rings. The lowest BCUT2D eigenvalue weighted by Crippen LogP contribution is -2.32. The summed E-state index contributed by atoms with van der Waals surface area (Å²) in [5.41, 5.74) is 2.44. The summed E-state index contributed by atoms with van der Waals surface area (Å²) in [6, 6.07) is 2.23. The molecule has 90 valence electrons. The summed E-state index contributed by atoms with van der Waals surface area (Å²) in [7, 11) is 0. The van der Waals surface area contributed by atoms with Gasteiger partial charge in [-0.3, -0.25) is 0 Å². The van der Waals surface area contributed by atoms with Crippen LogP contribution in [0.1, 0.15) is 0 Å². The Morgan fingerprint density at radius 1 is 1.25 bits per heavy atom. The highest BCUT2D eigenvalue weighted by molar-refractivity contribution is 6.44. The van der Waals surface area contributed by atoms with E-state index in [0.29, 0.717) is 0 Å². The van der Waals surface area contributed by atoms with E-state index in [0.717, 1.165) is 6.07 Å². The number of hydrogen-bond acceptors (Lipinski definition) is 2. The van der Waals surface area contributed by atoms with Crippen molar-refractivity contribution in [2.45, 2.75) is 11.7 Å². The third-order valence-electron chi connectivity index (χ3n) is 1.58. The smallest absolute Gasteiger partial charge is 0.428 e. The monoisotopic (exact) mass is 293 g/mol. The van der Waals surface area contributed by atoms with E-state index in [1.807, 2.05) is 0 Å². The molecule has 1 unspecified atom stereocenters. The first-order valence-electron chi connectivity index (χ1n) is 3.84. The Morgan fingerprint density at radius 2 is 1.81 bits per heavy atom. The molecule has 16 heavy (non-hydrogen) atoms. The zero-order valence-corrected chi connectivity index (χ0v) is 9.75. The van der Waals surface area contributed by atoms with Gasteiger partial charge in [0.1, 0.15) is 10.8 Å². The van der Waals surface area contributed by atoms with Gasteiger partial charge < -0.3 is 10.5 Å². The molecule has 0 amide bonds. The minimum absolute atomic E-state index is 0.0880. The molecule has 0 aliphatic carbocycles. The van der Waals surface area contributed by atoms with Crippen molar-refractivity contribution in [1.82, 2.24) is 0 Å². The maximum atomic E-state index is 12.8. The molecule has 2 nitrogen and oxygen atoms in total. The van der Waals surface area contributed by atoms with Crippen molar-refractivity contribution < 1.29 is 17.9 Å². The maximum absolute atomic E-state index is 12.8. The van der Waals surface area contributed by atoms with Crippen molar-refractivity contribution in [1.29, 1.82) is 0 Å². The van der Waals surface area contributed by atoms with E-state index in [2.05, 4.69) is 16.3 Å². The van der Waals surface area contributed by atoms with Gasteiger partial charge in [0.2, 0.25) is 0 Å². The van der Waals surface area contributed by atoms with E-state index in [9.17, 15) is 13.2 Å². The first-order chi connectivity index (χ1) is 7.25. The lowest BCUT2D eigenvalue weighted by molar-refractivity contribution is -0.198. The molecule has 0 heterocycles. The van der Waals surface area contributed by atoms with Gasteiger partial charge in [-0.15, -0.1) is 0 Å². The minimum atomic E-state index is -4.20. The first kappa shape index (κ1) is 13.5. The van der Waals surface area contributed by atoms with E-state index in [-0.39, 0.29) is 15.7 Å². The van der Waals surface area contributed by atoms with Crippen molar-refractivity contribution >= 4 is 40.5 Å². The number of benzene rings is 1. The van der Waals surface area contributed by atoms with Crippen LogP contribution >= 0.6 is 34.8 Å². The molecule has 0 bridgehead atoms. The number of ether oxygens (including phenoxy) is 1. The van der Waals surface area contributed by atoms with Gasteiger partial charge in [0.25, 0.3) is 5.63 Å². The lowest BCUT2D eigenvalue weighted by Gasteiger charge is -2.19. The van der Waals surface area contributed by atoms with Crippen molar-refractivity contribution in [3.05, 3.63) is 22.2 Å². The SMILES string of the molecule is Nc1ccc(OC(F)(F)C(F)Cl)c(Cl)c1Cl. The summed E-state index contributed by atoms with van der Waals surface area (Å²) in [5, 5.41) is -0.487. The fraction of sp³-hybridized carbons (Fsp3) is 0.250. The molecular weight excluding hydrogens is 289 g/mol. The molecule has 0 aliphatic heterocycles. The largest absolute Gasteiger partial charge is 0.444 e. The fourth-order valence-corrected chi connectivity index (χ4v) is 1.23. The number of halogens is 6. The molecule has 0 fully saturated rings. The fourth-order valence-electron chi connectivity index (χ4n) is 0.817. The lowest BCUT2D eigenvalue weighted by atomic mass is 10.3. The molecule has 1 rings (SSSR count). The molecule has 8 heteroatoms. The Hall–Kier alpha value is -0.520. The van der Waals surface area contributed by atoms with Crippen molar-refractivity contribution in [3.63, 3.8) is 0 Å². The van der Waals surface area contributed by atoms with Crippen LogP contribution in [0.25, 0.3) is 0 Å². The quantitative estimate of drug-likeness (QED) is 0.673. The number of nitrogens with two attached hydrogens (primary N) is 1. The third-order valence-corrected chi connectivity index (χ3v) is 2.71.